The van der Waals surface area contributed by atoms with E-state index in [2.05, 4.69) is 0 Å². The summed E-state index contributed by atoms with van der Waals surface area (Å²) in [6, 6.07) is 7.04. The Labute approximate surface area is 81.9 Å². The van der Waals surface area contributed by atoms with Gasteiger partial charge < -0.3 is 5.73 Å². The van der Waals surface area contributed by atoms with E-state index in [1.807, 2.05) is 6.07 Å². The van der Waals surface area contributed by atoms with Crippen molar-refractivity contribution >= 4 is 19.7 Å². The zero-order chi connectivity index (χ0) is 9.90. The summed E-state index contributed by atoms with van der Waals surface area (Å²) < 4.78 is 21.5. The molecule has 0 fully saturated rings. The highest BCUT2D eigenvalue weighted by atomic mass is 35.7. The lowest BCUT2D eigenvalue weighted by molar-refractivity contribution is 0.609. The summed E-state index contributed by atoms with van der Waals surface area (Å²) in [6.07, 6.45) is 0. The van der Waals surface area contributed by atoms with E-state index in [9.17, 15) is 8.42 Å². The second-order valence-corrected chi connectivity index (χ2v) is 5.48. The smallest absolute Gasteiger partial charge is 0.236 e. The SMILES string of the molecule is NCc1cccc(CS(=O)(=O)Cl)c1. The monoisotopic (exact) mass is 219 g/mol. The molecular weight excluding hydrogens is 210 g/mol. The number of nitrogens with two attached hydrogens (primary N) is 1. The molecule has 2 N–H and O–H groups in total. The third-order valence-electron chi connectivity index (χ3n) is 1.57. The predicted molar refractivity (Wildman–Crippen MR) is 52.8 cm³/mol. The second-order valence-electron chi connectivity index (χ2n) is 2.71. The number of rotatable bonds is 3. The van der Waals surface area contributed by atoms with Crippen LogP contribution in [0.25, 0.3) is 0 Å². The second kappa shape index (κ2) is 4.09. The minimum atomic E-state index is -3.47. The number of halogens is 1. The molecule has 0 spiro atoms. The fourth-order valence-corrected chi connectivity index (χ4v) is 2.00. The maximum absolute atomic E-state index is 10.7. The fourth-order valence-electron chi connectivity index (χ4n) is 1.05. The molecule has 1 aromatic carbocycles. The van der Waals surface area contributed by atoms with E-state index < -0.39 is 9.05 Å². The maximum Gasteiger partial charge on any atom is 0.236 e. The molecular formula is C8H10ClNO2S. The molecule has 3 nitrogen and oxygen atoms in total. The van der Waals surface area contributed by atoms with Crippen molar-refractivity contribution in [3.8, 4) is 0 Å². The Morgan fingerprint density at radius 1 is 1.31 bits per heavy atom. The number of hydrogen-bond donors (Lipinski definition) is 1. The van der Waals surface area contributed by atoms with Crippen molar-refractivity contribution in [3.63, 3.8) is 0 Å². The van der Waals surface area contributed by atoms with Gasteiger partial charge >= 0.3 is 0 Å². The van der Waals surface area contributed by atoms with E-state index in [0.717, 1.165) is 5.56 Å². The normalized spacial score (nSPS) is 11.5. The van der Waals surface area contributed by atoms with Crippen molar-refractivity contribution in [2.45, 2.75) is 12.3 Å². The predicted octanol–water partition coefficient (Wildman–Crippen LogP) is 1.21. The minimum Gasteiger partial charge on any atom is -0.326 e. The molecule has 0 radical (unpaired) electrons. The Bertz CT molecular complexity index is 389. The molecule has 1 rings (SSSR count). The van der Waals surface area contributed by atoms with Crippen molar-refractivity contribution < 1.29 is 8.42 Å². The van der Waals surface area contributed by atoms with Crippen LogP contribution in [0.4, 0.5) is 0 Å². The van der Waals surface area contributed by atoms with Crippen molar-refractivity contribution in [1.82, 2.24) is 0 Å². The molecule has 0 atom stereocenters. The quantitative estimate of drug-likeness (QED) is 0.778. The molecule has 0 amide bonds. The lowest BCUT2D eigenvalue weighted by Gasteiger charge is -2.00. The number of hydrogen-bond acceptors (Lipinski definition) is 3. The van der Waals surface area contributed by atoms with Crippen LogP contribution in [0.1, 0.15) is 11.1 Å². The van der Waals surface area contributed by atoms with Crippen molar-refractivity contribution in [2.75, 3.05) is 0 Å². The van der Waals surface area contributed by atoms with Gasteiger partial charge in [0.15, 0.2) is 0 Å². The first kappa shape index (κ1) is 10.5. The summed E-state index contributed by atoms with van der Waals surface area (Å²) in [5.41, 5.74) is 6.97. The molecule has 13 heavy (non-hydrogen) atoms. The van der Waals surface area contributed by atoms with Crippen LogP contribution in [0, 0.1) is 0 Å². The highest BCUT2D eigenvalue weighted by Gasteiger charge is 2.06. The lowest BCUT2D eigenvalue weighted by atomic mass is 10.1. The van der Waals surface area contributed by atoms with Gasteiger partial charge in [0.2, 0.25) is 9.05 Å². The molecule has 0 unspecified atom stereocenters. The Morgan fingerprint density at radius 2 is 1.92 bits per heavy atom. The van der Waals surface area contributed by atoms with Gasteiger partial charge in [-0.05, 0) is 11.1 Å². The van der Waals surface area contributed by atoms with Crippen LogP contribution in [-0.2, 0) is 21.3 Å². The van der Waals surface area contributed by atoms with Gasteiger partial charge in [-0.25, -0.2) is 8.42 Å². The lowest BCUT2D eigenvalue weighted by Crippen LogP contribution is -1.99. The highest BCUT2D eigenvalue weighted by Crippen LogP contribution is 2.11. The summed E-state index contributed by atoms with van der Waals surface area (Å²) in [7, 11) is 1.63. The van der Waals surface area contributed by atoms with E-state index in [4.69, 9.17) is 16.4 Å². The molecule has 0 aliphatic carbocycles. The molecule has 0 heterocycles. The summed E-state index contributed by atoms with van der Waals surface area (Å²) in [6.45, 7) is 0.399. The van der Waals surface area contributed by atoms with E-state index in [1.54, 1.807) is 18.2 Å². The van der Waals surface area contributed by atoms with Gasteiger partial charge in [0.1, 0.15) is 0 Å². The zero-order valence-corrected chi connectivity index (χ0v) is 8.48. The van der Waals surface area contributed by atoms with E-state index in [0.29, 0.717) is 12.1 Å². The van der Waals surface area contributed by atoms with Crippen molar-refractivity contribution in [1.29, 1.82) is 0 Å². The Morgan fingerprint density at radius 3 is 2.46 bits per heavy atom. The van der Waals surface area contributed by atoms with Crippen molar-refractivity contribution in [2.24, 2.45) is 5.73 Å². The Kier molecular flexibility index (Phi) is 3.30. The topological polar surface area (TPSA) is 60.2 Å². The summed E-state index contributed by atoms with van der Waals surface area (Å²) in [5, 5.41) is 0. The first-order chi connectivity index (χ1) is 6.01. The summed E-state index contributed by atoms with van der Waals surface area (Å²) >= 11 is 0. The van der Waals surface area contributed by atoms with Crippen LogP contribution in [0.15, 0.2) is 24.3 Å². The van der Waals surface area contributed by atoms with E-state index in [-0.39, 0.29) is 5.75 Å². The van der Waals surface area contributed by atoms with E-state index in [1.165, 1.54) is 0 Å². The minimum absolute atomic E-state index is 0.150. The average Bonchev–Trinajstić information content (AvgIpc) is 2.01. The average molecular weight is 220 g/mol. The first-order valence-electron chi connectivity index (χ1n) is 3.71. The van der Waals surface area contributed by atoms with Gasteiger partial charge in [-0.15, -0.1) is 0 Å². The molecule has 0 aliphatic rings. The Hall–Kier alpha value is -0.580. The van der Waals surface area contributed by atoms with Gasteiger partial charge in [-0.3, -0.25) is 0 Å². The molecule has 5 heteroatoms. The third kappa shape index (κ3) is 3.76. The third-order valence-corrected chi connectivity index (χ3v) is 2.57. The van der Waals surface area contributed by atoms with Crippen LogP contribution >= 0.6 is 10.7 Å². The van der Waals surface area contributed by atoms with Gasteiger partial charge in [0.25, 0.3) is 0 Å². The standard InChI is InChI=1S/C8H10ClNO2S/c9-13(11,12)6-8-3-1-2-7(4-8)5-10/h1-4H,5-6,10H2. The van der Waals surface area contributed by atoms with E-state index >= 15 is 0 Å². The van der Waals surface area contributed by atoms with Gasteiger partial charge in [-0.1, -0.05) is 24.3 Å². The van der Waals surface area contributed by atoms with Crippen LogP contribution in [0.5, 0.6) is 0 Å². The highest BCUT2D eigenvalue weighted by molar-refractivity contribution is 8.13. The van der Waals surface area contributed by atoms with Crippen LogP contribution in [-0.4, -0.2) is 8.42 Å². The Balaban J connectivity index is 2.90. The fraction of sp³-hybridized carbons (Fsp3) is 0.250. The van der Waals surface area contributed by atoms with Crippen molar-refractivity contribution in [3.05, 3.63) is 35.4 Å². The van der Waals surface area contributed by atoms with Crippen LogP contribution in [0.3, 0.4) is 0 Å². The summed E-state index contributed by atoms with van der Waals surface area (Å²) in [4.78, 5) is 0. The molecule has 72 valence electrons. The molecule has 0 aromatic heterocycles. The van der Waals surface area contributed by atoms with Crippen LogP contribution < -0.4 is 5.73 Å². The largest absolute Gasteiger partial charge is 0.326 e. The first-order valence-corrected chi connectivity index (χ1v) is 6.19. The molecule has 1 aromatic rings. The zero-order valence-electron chi connectivity index (χ0n) is 6.90. The van der Waals surface area contributed by atoms with Gasteiger partial charge in [0.05, 0.1) is 5.75 Å². The number of benzene rings is 1. The molecule has 0 aliphatic heterocycles. The maximum atomic E-state index is 10.7. The molecule has 0 saturated carbocycles. The van der Waals surface area contributed by atoms with Gasteiger partial charge in [0, 0.05) is 17.2 Å². The van der Waals surface area contributed by atoms with Crippen LogP contribution in [0.2, 0.25) is 0 Å². The van der Waals surface area contributed by atoms with Gasteiger partial charge in [-0.2, -0.15) is 0 Å². The molecule has 0 bridgehead atoms. The summed E-state index contributed by atoms with van der Waals surface area (Å²) in [5.74, 6) is -0.150. The molecule has 0 saturated heterocycles.